The van der Waals surface area contributed by atoms with Gasteiger partial charge in [0.15, 0.2) is 0 Å². The number of carbonyl (C=O) groups is 2. The van der Waals surface area contributed by atoms with Crippen molar-refractivity contribution in [2.45, 2.75) is 52.4 Å². The van der Waals surface area contributed by atoms with Gasteiger partial charge < -0.3 is 14.6 Å². The van der Waals surface area contributed by atoms with Crippen LogP contribution >= 0.6 is 0 Å². The van der Waals surface area contributed by atoms with E-state index in [1.165, 1.54) is 0 Å². The minimum absolute atomic E-state index is 0.135. The molecule has 4 aliphatic carbocycles. The van der Waals surface area contributed by atoms with E-state index in [0.717, 1.165) is 38.5 Å². The second-order valence-corrected chi connectivity index (χ2v) is 9.38. The van der Waals surface area contributed by atoms with Crippen molar-refractivity contribution in [3.05, 3.63) is 24.3 Å². The van der Waals surface area contributed by atoms with Gasteiger partial charge in [0.25, 0.3) is 0 Å². The van der Waals surface area contributed by atoms with Crippen molar-refractivity contribution < 1.29 is 24.2 Å². The molecule has 2 unspecified atom stereocenters. The van der Waals surface area contributed by atoms with Gasteiger partial charge in [0.2, 0.25) is 0 Å². The highest BCUT2D eigenvalue weighted by Crippen LogP contribution is 2.69. The molecule has 4 saturated carbocycles. The summed E-state index contributed by atoms with van der Waals surface area (Å²) in [5, 5.41) is 10.1. The van der Waals surface area contributed by atoms with Crippen LogP contribution in [0, 0.1) is 22.2 Å². The summed E-state index contributed by atoms with van der Waals surface area (Å²) in [4.78, 5) is 23.8. The number of hydrogen-bond acceptors (Lipinski definition) is 5. The number of aliphatic hydroxyl groups is 1. The monoisotopic (exact) mass is 362 g/mol. The van der Waals surface area contributed by atoms with Gasteiger partial charge in [-0.25, -0.2) is 9.59 Å². The molecule has 0 radical (unpaired) electrons. The Morgan fingerprint density at radius 2 is 1.27 bits per heavy atom. The van der Waals surface area contributed by atoms with E-state index in [2.05, 4.69) is 13.2 Å². The lowest BCUT2D eigenvalue weighted by atomic mass is 9.40. The van der Waals surface area contributed by atoms with Gasteiger partial charge in [-0.2, -0.15) is 0 Å². The Labute approximate surface area is 155 Å². The minimum Gasteiger partial charge on any atom is -0.462 e. The Morgan fingerprint density at radius 3 is 1.65 bits per heavy atom. The highest BCUT2D eigenvalue weighted by molar-refractivity contribution is 5.87. The fourth-order valence-corrected chi connectivity index (χ4v) is 6.24. The molecule has 2 atom stereocenters. The van der Waals surface area contributed by atoms with Gasteiger partial charge in [0, 0.05) is 28.6 Å². The molecule has 0 aromatic heterocycles. The number of esters is 2. The predicted molar refractivity (Wildman–Crippen MR) is 97.1 cm³/mol. The first-order valence-electron chi connectivity index (χ1n) is 9.38. The van der Waals surface area contributed by atoms with Crippen molar-refractivity contribution in [1.82, 2.24) is 0 Å². The second kappa shape index (κ2) is 6.52. The zero-order valence-corrected chi connectivity index (χ0v) is 15.9. The number of ether oxygens (including phenoxy) is 2. The first-order chi connectivity index (χ1) is 12.1. The van der Waals surface area contributed by atoms with Gasteiger partial charge in [-0.15, -0.1) is 0 Å². The van der Waals surface area contributed by atoms with Gasteiger partial charge in [0.1, 0.15) is 0 Å². The molecule has 5 heteroatoms. The molecule has 0 amide bonds. The Bertz CT molecular complexity index is 603. The molecule has 4 aliphatic rings. The van der Waals surface area contributed by atoms with E-state index in [0.29, 0.717) is 30.3 Å². The van der Waals surface area contributed by atoms with Crippen LogP contribution in [0.1, 0.15) is 52.4 Å². The van der Waals surface area contributed by atoms with E-state index >= 15 is 0 Å². The molecule has 1 N–H and O–H groups in total. The van der Waals surface area contributed by atoms with Crippen LogP contribution in [0.25, 0.3) is 0 Å². The van der Waals surface area contributed by atoms with Gasteiger partial charge in [0.05, 0.1) is 13.2 Å². The maximum Gasteiger partial charge on any atom is 0.333 e. The second-order valence-electron chi connectivity index (χ2n) is 9.38. The van der Waals surface area contributed by atoms with E-state index in [1.807, 2.05) is 0 Å². The molecule has 0 saturated heterocycles. The number of carbonyl (C=O) groups excluding carboxylic acids is 2. The normalized spacial score (nSPS) is 37.3. The molecule has 4 bridgehead atoms. The van der Waals surface area contributed by atoms with E-state index in [9.17, 15) is 14.7 Å². The fourth-order valence-electron chi connectivity index (χ4n) is 6.24. The number of rotatable bonds is 7. The van der Waals surface area contributed by atoms with Crippen LogP contribution in [-0.2, 0) is 19.1 Å². The lowest BCUT2D eigenvalue weighted by molar-refractivity contribution is -0.206. The SMILES string of the molecule is C=C(C)C(=O)OCC12CC3CC(CO)(C1)CC(COC(=O)C(=C)C)(C3)C2. The molecule has 0 spiro atoms. The number of hydrogen-bond donors (Lipinski definition) is 1. The van der Waals surface area contributed by atoms with E-state index in [1.54, 1.807) is 13.8 Å². The van der Waals surface area contributed by atoms with Crippen LogP contribution in [0.5, 0.6) is 0 Å². The molecule has 0 heterocycles. The molecular formula is C21H30O5. The van der Waals surface area contributed by atoms with Crippen molar-refractivity contribution in [2.75, 3.05) is 19.8 Å². The predicted octanol–water partition coefficient (Wildman–Crippen LogP) is 3.17. The summed E-state index contributed by atoms with van der Waals surface area (Å²) in [6, 6.07) is 0. The van der Waals surface area contributed by atoms with Crippen LogP contribution in [0.2, 0.25) is 0 Å². The molecule has 0 aromatic rings. The summed E-state index contributed by atoms with van der Waals surface area (Å²) in [6.07, 6.45) is 5.63. The Kier molecular flexibility index (Phi) is 4.80. The molecule has 0 aromatic carbocycles. The zero-order chi connectivity index (χ0) is 19.2. The summed E-state index contributed by atoms with van der Waals surface area (Å²) in [5.41, 5.74) is 0.379. The van der Waals surface area contributed by atoms with Gasteiger partial charge >= 0.3 is 11.9 Å². The van der Waals surface area contributed by atoms with E-state index in [4.69, 9.17) is 9.47 Å². The van der Waals surface area contributed by atoms with Crippen molar-refractivity contribution >= 4 is 11.9 Å². The van der Waals surface area contributed by atoms with Gasteiger partial charge in [-0.1, -0.05) is 13.2 Å². The van der Waals surface area contributed by atoms with Crippen molar-refractivity contribution in [1.29, 1.82) is 0 Å². The maximum atomic E-state index is 11.9. The van der Waals surface area contributed by atoms with Crippen LogP contribution in [0.15, 0.2) is 24.3 Å². The smallest absolute Gasteiger partial charge is 0.333 e. The topological polar surface area (TPSA) is 72.8 Å². The quantitative estimate of drug-likeness (QED) is 0.556. The molecule has 4 fully saturated rings. The van der Waals surface area contributed by atoms with Crippen molar-refractivity contribution in [2.24, 2.45) is 22.2 Å². The highest BCUT2D eigenvalue weighted by atomic mass is 16.5. The van der Waals surface area contributed by atoms with Crippen molar-refractivity contribution in [3.63, 3.8) is 0 Å². The Balaban J connectivity index is 1.80. The van der Waals surface area contributed by atoms with E-state index < -0.39 is 0 Å². The summed E-state index contributed by atoms with van der Waals surface area (Å²) < 4.78 is 11.1. The maximum absolute atomic E-state index is 11.9. The Hall–Kier alpha value is -1.62. The Morgan fingerprint density at radius 1 is 0.885 bits per heavy atom. The van der Waals surface area contributed by atoms with E-state index in [-0.39, 0.29) is 34.8 Å². The molecule has 144 valence electrons. The lowest BCUT2D eigenvalue weighted by Crippen LogP contribution is -2.60. The van der Waals surface area contributed by atoms with Crippen molar-refractivity contribution in [3.8, 4) is 0 Å². The summed E-state index contributed by atoms with van der Waals surface area (Å²) in [5.74, 6) is -0.242. The largest absolute Gasteiger partial charge is 0.462 e. The van der Waals surface area contributed by atoms with Crippen LogP contribution in [0.4, 0.5) is 0 Å². The average molecular weight is 362 g/mol. The molecule has 4 rings (SSSR count). The third-order valence-electron chi connectivity index (χ3n) is 6.47. The summed E-state index contributed by atoms with van der Waals surface area (Å²) in [7, 11) is 0. The summed E-state index contributed by atoms with van der Waals surface area (Å²) in [6.45, 7) is 11.4. The first kappa shape index (κ1) is 19.2. The first-order valence-corrected chi connectivity index (χ1v) is 9.38. The molecule has 5 nitrogen and oxygen atoms in total. The zero-order valence-electron chi connectivity index (χ0n) is 15.9. The fraction of sp³-hybridized carbons (Fsp3) is 0.714. The van der Waals surface area contributed by atoms with Crippen LogP contribution < -0.4 is 0 Å². The van der Waals surface area contributed by atoms with Crippen LogP contribution in [0.3, 0.4) is 0 Å². The van der Waals surface area contributed by atoms with Crippen LogP contribution in [-0.4, -0.2) is 36.9 Å². The highest BCUT2D eigenvalue weighted by Gasteiger charge is 2.63. The number of aliphatic hydroxyl groups excluding tert-OH is 1. The average Bonchev–Trinajstić information content (AvgIpc) is 2.56. The molecule has 26 heavy (non-hydrogen) atoms. The third kappa shape index (κ3) is 3.46. The summed E-state index contributed by atoms with van der Waals surface area (Å²) >= 11 is 0. The standard InChI is InChI=1S/C21H30O5/c1-14(2)17(23)25-12-20-6-16-5-19(8-20,11-22)9-21(7-16,10-20)13-26-18(24)15(3)4/h16,22H,1,3,5-13H2,2,4H3. The van der Waals surface area contributed by atoms with Gasteiger partial charge in [-0.05, 0) is 63.7 Å². The molecular weight excluding hydrogens is 332 g/mol. The third-order valence-corrected chi connectivity index (χ3v) is 6.47. The lowest BCUT2D eigenvalue weighted by Gasteiger charge is -2.65. The minimum atomic E-state index is -0.360. The van der Waals surface area contributed by atoms with Gasteiger partial charge in [-0.3, -0.25) is 0 Å². The molecule has 0 aliphatic heterocycles.